The number of aliphatic carboxylic acids is 1. The minimum absolute atomic E-state index is 0.0817. The van der Waals surface area contributed by atoms with E-state index in [0.717, 1.165) is 24.9 Å². The first-order valence-electron chi connectivity index (χ1n) is 7.42. The first kappa shape index (κ1) is 15.4. The Hall–Kier alpha value is -2.04. The van der Waals surface area contributed by atoms with Gasteiger partial charge in [0.15, 0.2) is 0 Å². The number of hydrogen-bond donors (Lipinski definition) is 2. The summed E-state index contributed by atoms with van der Waals surface area (Å²) in [6.45, 7) is 0.438. The molecule has 0 aliphatic heterocycles. The van der Waals surface area contributed by atoms with E-state index in [4.69, 9.17) is 5.11 Å². The van der Waals surface area contributed by atoms with E-state index in [1.807, 2.05) is 12.1 Å². The van der Waals surface area contributed by atoms with Crippen LogP contribution < -0.4 is 5.32 Å². The predicted octanol–water partition coefficient (Wildman–Crippen LogP) is 2.89. The minimum Gasteiger partial charge on any atom is -0.481 e. The van der Waals surface area contributed by atoms with Gasteiger partial charge in [-0.3, -0.25) is 4.79 Å². The number of carbonyl (C=O) groups excluding carboxylic acids is 1. The number of anilines is 1. The van der Waals surface area contributed by atoms with Gasteiger partial charge < -0.3 is 15.3 Å². The SMILES string of the molecule is CN(CCCC(=O)O)C(=O)Nc1cccc2c1CCCC2. The van der Waals surface area contributed by atoms with Crippen LogP contribution >= 0.6 is 0 Å². The topological polar surface area (TPSA) is 69.6 Å². The summed E-state index contributed by atoms with van der Waals surface area (Å²) in [5.41, 5.74) is 3.46. The molecule has 1 aromatic rings. The van der Waals surface area contributed by atoms with Gasteiger partial charge in [-0.25, -0.2) is 4.79 Å². The van der Waals surface area contributed by atoms with Gasteiger partial charge in [0.1, 0.15) is 0 Å². The van der Waals surface area contributed by atoms with Gasteiger partial charge in [-0.05, 0) is 49.3 Å². The zero-order valence-electron chi connectivity index (χ0n) is 12.4. The normalized spacial score (nSPS) is 13.4. The van der Waals surface area contributed by atoms with E-state index >= 15 is 0 Å². The molecule has 0 atom stereocenters. The number of hydrogen-bond acceptors (Lipinski definition) is 2. The van der Waals surface area contributed by atoms with E-state index in [2.05, 4.69) is 11.4 Å². The Bertz CT molecular complexity index is 528. The van der Waals surface area contributed by atoms with Crippen molar-refractivity contribution in [2.45, 2.75) is 38.5 Å². The van der Waals surface area contributed by atoms with Crippen LogP contribution in [0.15, 0.2) is 18.2 Å². The predicted molar refractivity (Wildman–Crippen MR) is 81.6 cm³/mol. The van der Waals surface area contributed by atoms with Crippen LogP contribution in [-0.4, -0.2) is 35.6 Å². The zero-order chi connectivity index (χ0) is 15.2. The van der Waals surface area contributed by atoms with Crippen LogP contribution in [0.1, 0.15) is 36.8 Å². The number of rotatable bonds is 5. The van der Waals surface area contributed by atoms with Gasteiger partial charge in [0.05, 0.1) is 0 Å². The molecule has 1 aliphatic carbocycles. The molecule has 0 unspecified atom stereocenters. The highest BCUT2D eigenvalue weighted by Crippen LogP contribution is 2.27. The summed E-state index contributed by atoms with van der Waals surface area (Å²) in [5, 5.41) is 11.6. The largest absolute Gasteiger partial charge is 0.481 e. The van der Waals surface area contributed by atoms with E-state index in [-0.39, 0.29) is 12.5 Å². The fourth-order valence-corrected chi connectivity index (χ4v) is 2.68. The molecule has 2 rings (SSSR count). The smallest absolute Gasteiger partial charge is 0.321 e. The lowest BCUT2D eigenvalue weighted by Gasteiger charge is -2.22. The van der Waals surface area contributed by atoms with Crippen molar-refractivity contribution in [1.29, 1.82) is 0 Å². The molecule has 0 heterocycles. The average Bonchev–Trinajstić information content (AvgIpc) is 2.47. The number of carbonyl (C=O) groups is 2. The molecule has 5 heteroatoms. The second-order valence-electron chi connectivity index (χ2n) is 5.50. The zero-order valence-corrected chi connectivity index (χ0v) is 12.4. The maximum atomic E-state index is 12.1. The summed E-state index contributed by atoms with van der Waals surface area (Å²) < 4.78 is 0. The number of nitrogens with one attached hydrogen (secondary N) is 1. The van der Waals surface area contributed by atoms with Crippen molar-refractivity contribution in [2.24, 2.45) is 0 Å². The van der Waals surface area contributed by atoms with Gasteiger partial charge in [-0.2, -0.15) is 0 Å². The van der Waals surface area contributed by atoms with E-state index < -0.39 is 5.97 Å². The van der Waals surface area contributed by atoms with Gasteiger partial charge in [-0.15, -0.1) is 0 Å². The van der Waals surface area contributed by atoms with E-state index in [0.29, 0.717) is 13.0 Å². The summed E-state index contributed by atoms with van der Waals surface area (Å²) in [6.07, 6.45) is 5.00. The fourth-order valence-electron chi connectivity index (χ4n) is 2.68. The Balaban J connectivity index is 1.95. The summed E-state index contributed by atoms with van der Waals surface area (Å²) >= 11 is 0. The molecule has 0 bridgehead atoms. The second-order valence-corrected chi connectivity index (χ2v) is 5.50. The Labute approximate surface area is 125 Å². The molecule has 0 aromatic heterocycles. The number of amides is 2. The average molecular weight is 290 g/mol. The summed E-state index contributed by atoms with van der Waals surface area (Å²) in [6, 6.07) is 5.86. The summed E-state index contributed by atoms with van der Waals surface area (Å²) in [5.74, 6) is -0.832. The Morgan fingerprint density at radius 1 is 1.29 bits per heavy atom. The molecule has 5 nitrogen and oxygen atoms in total. The molecule has 0 fully saturated rings. The molecular weight excluding hydrogens is 268 g/mol. The van der Waals surface area contributed by atoms with E-state index in [1.165, 1.54) is 22.4 Å². The van der Waals surface area contributed by atoms with Crippen LogP contribution in [0.25, 0.3) is 0 Å². The molecular formula is C16H22N2O3. The lowest BCUT2D eigenvalue weighted by Crippen LogP contribution is -2.32. The monoisotopic (exact) mass is 290 g/mol. The van der Waals surface area contributed by atoms with Crippen molar-refractivity contribution < 1.29 is 14.7 Å². The van der Waals surface area contributed by atoms with Gasteiger partial charge in [0.25, 0.3) is 0 Å². The van der Waals surface area contributed by atoms with Crippen LogP contribution in [0.4, 0.5) is 10.5 Å². The van der Waals surface area contributed by atoms with Crippen LogP contribution in [0.5, 0.6) is 0 Å². The molecule has 0 radical (unpaired) electrons. The maximum absolute atomic E-state index is 12.1. The van der Waals surface area contributed by atoms with Crippen LogP contribution in [0.2, 0.25) is 0 Å². The van der Waals surface area contributed by atoms with Crippen molar-refractivity contribution >= 4 is 17.7 Å². The Kier molecular flexibility index (Phi) is 5.20. The van der Waals surface area contributed by atoms with Crippen LogP contribution in [0.3, 0.4) is 0 Å². The summed E-state index contributed by atoms with van der Waals surface area (Å²) in [7, 11) is 1.69. The standard InChI is InChI=1S/C16H22N2O3/c1-18(11-5-10-15(19)20)16(21)17-14-9-4-7-12-6-2-3-8-13(12)14/h4,7,9H,2-3,5-6,8,10-11H2,1H3,(H,17,21)(H,19,20). The first-order chi connectivity index (χ1) is 10.1. The number of carboxylic acid groups (broad SMARTS) is 1. The van der Waals surface area contributed by atoms with Crippen molar-refractivity contribution in [3.05, 3.63) is 29.3 Å². The highest BCUT2D eigenvalue weighted by molar-refractivity contribution is 5.90. The van der Waals surface area contributed by atoms with E-state index in [1.54, 1.807) is 7.05 Å². The second kappa shape index (κ2) is 7.11. The highest BCUT2D eigenvalue weighted by atomic mass is 16.4. The molecule has 1 aliphatic rings. The van der Waals surface area contributed by atoms with Crippen LogP contribution in [0, 0.1) is 0 Å². The molecule has 0 saturated carbocycles. The van der Waals surface area contributed by atoms with Crippen LogP contribution in [-0.2, 0) is 17.6 Å². The number of aryl methyl sites for hydroxylation is 1. The summed E-state index contributed by atoms with van der Waals surface area (Å²) in [4.78, 5) is 24.2. The van der Waals surface area contributed by atoms with Crippen molar-refractivity contribution in [3.63, 3.8) is 0 Å². The van der Waals surface area contributed by atoms with Gasteiger partial charge >= 0.3 is 12.0 Å². The molecule has 2 amide bonds. The molecule has 1 aromatic carbocycles. The molecule has 2 N–H and O–H groups in total. The number of carboxylic acids is 1. The third kappa shape index (κ3) is 4.21. The molecule has 0 spiro atoms. The van der Waals surface area contributed by atoms with Gasteiger partial charge in [0.2, 0.25) is 0 Å². The van der Waals surface area contributed by atoms with Crippen molar-refractivity contribution in [3.8, 4) is 0 Å². The number of benzene rings is 1. The lowest BCUT2D eigenvalue weighted by atomic mass is 9.90. The molecule has 114 valence electrons. The number of urea groups is 1. The number of nitrogens with zero attached hydrogens (tertiary/aromatic N) is 1. The third-order valence-electron chi connectivity index (χ3n) is 3.87. The fraction of sp³-hybridized carbons (Fsp3) is 0.500. The quantitative estimate of drug-likeness (QED) is 0.876. The van der Waals surface area contributed by atoms with Crippen molar-refractivity contribution in [2.75, 3.05) is 18.9 Å². The van der Waals surface area contributed by atoms with E-state index in [9.17, 15) is 9.59 Å². The third-order valence-corrected chi connectivity index (χ3v) is 3.87. The maximum Gasteiger partial charge on any atom is 0.321 e. The Morgan fingerprint density at radius 2 is 2.05 bits per heavy atom. The minimum atomic E-state index is -0.832. The van der Waals surface area contributed by atoms with Gasteiger partial charge in [0, 0.05) is 25.7 Å². The first-order valence-corrected chi connectivity index (χ1v) is 7.42. The molecule has 21 heavy (non-hydrogen) atoms. The Morgan fingerprint density at radius 3 is 2.81 bits per heavy atom. The molecule has 0 saturated heterocycles. The van der Waals surface area contributed by atoms with Crippen molar-refractivity contribution in [1.82, 2.24) is 4.90 Å². The highest BCUT2D eigenvalue weighted by Gasteiger charge is 2.16. The lowest BCUT2D eigenvalue weighted by molar-refractivity contribution is -0.137. The van der Waals surface area contributed by atoms with Gasteiger partial charge in [-0.1, -0.05) is 12.1 Å². The number of fused-ring (bicyclic) bond motifs is 1.